The van der Waals surface area contributed by atoms with Gasteiger partial charge in [0.05, 0.1) is 11.6 Å². The molecule has 0 aliphatic heterocycles. The monoisotopic (exact) mass is 273 g/mol. The molecule has 15 heavy (non-hydrogen) atoms. The molecule has 1 rings (SSSR count). The van der Waals surface area contributed by atoms with Crippen molar-refractivity contribution in [3.8, 4) is 5.75 Å². The van der Waals surface area contributed by atoms with Gasteiger partial charge in [0, 0.05) is 5.69 Å². The zero-order valence-electron chi connectivity index (χ0n) is 8.45. The summed E-state index contributed by atoms with van der Waals surface area (Å²) in [4.78, 5) is 10.6. The van der Waals surface area contributed by atoms with Crippen molar-refractivity contribution in [2.24, 2.45) is 0 Å². The Balaban J connectivity index is 2.79. The van der Waals surface area contributed by atoms with Crippen LogP contribution in [0.15, 0.2) is 22.7 Å². The maximum Gasteiger partial charge on any atom is 0.325 e. The Morgan fingerprint density at radius 2 is 2.27 bits per heavy atom. The first-order valence-corrected chi connectivity index (χ1v) is 5.16. The SMILES string of the molecule is COc1ccc(NC(C)C(=O)O)cc1Br. The molecule has 0 spiro atoms. The van der Waals surface area contributed by atoms with Crippen LogP contribution in [0, 0.1) is 0 Å². The molecule has 0 aromatic heterocycles. The highest BCUT2D eigenvalue weighted by atomic mass is 79.9. The molecule has 82 valence electrons. The summed E-state index contributed by atoms with van der Waals surface area (Å²) in [5.41, 5.74) is 0.734. The second-order valence-corrected chi connectivity index (χ2v) is 3.91. The van der Waals surface area contributed by atoms with Gasteiger partial charge >= 0.3 is 5.97 Å². The molecule has 1 atom stereocenters. The molecular weight excluding hydrogens is 262 g/mol. The Morgan fingerprint density at radius 3 is 2.73 bits per heavy atom. The number of carboxylic acid groups (broad SMARTS) is 1. The molecule has 2 N–H and O–H groups in total. The Labute approximate surface area is 96.4 Å². The largest absolute Gasteiger partial charge is 0.496 e. The van der Waals surface area contributed by atoms with Crippen molar-refractivity contribution in [2.75, 3.05) is 12.4 Å². The van der Waals surface area contributed by atoms with Gasteiger partial charge in [0.15, 0.2) is 0 Å². The molecule has 1 unspecified atom stereocenters. The van der Waals surface area contributed by atoms with Crippen LogP contribution in [0.2, 0.25) is 0 Å². The van der Waals surface area contributed by atoms with Gasteiger partial charge in [-0.05, 0) is 41.1 Å². The number of carboxylic acids is 1. The second kappa shape index (κ2) is 5.02. The minimum absolute atomic E-state index is 0.620. The van der Waals surface area contributed by atoms with E-state index in [4.69, 9.17) is 9.84 Å². The van der Waals surface area contributed by atoms with Gasteiger partial charge in [-0.1, -0.05) is 0 Å². The standard InChI is InChI=1S/C10H12BrNO3/c1-6(10(13)14)12-7-3-4-9(15-2)8(11)5-7/h3-6,12H,1-2H3,(H,13,14). The molecule has 1 aromatic rings. The molecule has 0 saturated heterocycles. The lowest BCUT2D eigenvalue weighted by Crippen LogP contribution is -2.25. The van der Waals surface area contributed by atoms with Crippen LogP contribution in [0.25, 0.3) is 0 Å². The van der Waals surface area contributed by atoms with E-state index in [1.54, 1.807) is 32.2 Å². The van der Waals surface area contributed by atoms with Crippen molar-refractivity contribution >= 4 is 27.6 Å². The summed E-state index contributed by atoms with van der Waals surface area (Å²) in [6.45, 7) is 1.58. The summed E-state index contributed by atoms with van der Waals surface area (Å²) in [7, 11) is 1.58. The molecule has 1 aromatic carbocycles. The van der Waals surface area contributed by atoms with Crippen LogP contribution in [0.4, 0.5) is 5.69 Å². The number of halogens is 1. The first-order chi connectivity index (χ1) is 7.04. The van der Waals surface area contributed by atoms with E-state index in [-0.39, 0.29) is 0 Å². The van der Waals surface area contributed by atoms with Crippen molar-refractivity contribution in [2.45, 2.75) is 13.0 Å². The fourth-order valence-corrected chi connectivity index (χ4v) is 1.61. The normalized spacial score (nSPS) is 11.9. The summed E-state index contributed by atoms with van der Waals surface area (Å²) in [5.74, 6) is -0.175. The molecular formula is C10H12BrNO3. The molecule has 0 saturated carbocycles. The number of ether oxygens (including phenoxy) is 1. The van der Waals surface area contributed by atoms with Crippen LogP contribution in [-0.4, -0.2) is 24.2 Å². The smallest absolute Gasteiger partial charge is 0.325 e. The number of hydrogen-bond acceptors (Lipinski definition) is 3. The lowest BCUT2D eigenvalue weighted by atomic mass is 10.2. The van der Waals surface area contributed by atoms with Gasteiger partial charge in [0.1, 0.15) is 11.8 Å². The molecule has 4 nitrogen and oxygen atoms in total. The first kappa shape index (κ1) is 11.8. The van der Waals surface area contributed by atoms with Crippen molar-refractivity contribution < 1.29 is 14.6 Å². The predicted octanol–water partition coefficient (Wildman–Crippen LogP) is 2.34. The van der Waals surface area contributed by atoms with E-state index in [1.807, 2.05) is 0 Å². The Hall–Kier alpha value is -1.23. The van der Waals surface area contributed by atoms with Gasteiger partial charge in [-0.15, -0.1) is 0 Å². The molecule has 0 bridgehead atoms. The summed E-state index contributed by atoms with van der Waals surface area (Å²) >= 11 is 3.32. The third-order valence-corrected chi connectivity index (χ3v) is 2.53. The predicted molar refractivity (Wildman–Crippen MR) is 61.4 cm³/mol. The van der Waals surface area contributed by atoms with E-state index in [0.29, 0.717) is 5.75 Å². The molecule has 0 aliphatic carbocycles. The summed E-state index contributed by atoms with van der Waals surface area (Å²) in [6.07, 6.45) is 0. The Morgan fingerprint density at radius 1 is 1.60 bits per heavy atom. The lowest BCUT2D eigenvalue weighted by molar-refractivity contribution is -0.137. The lowest BCUT2D eigenvalue weighted by Gasteiger charge is -2.12. The van der Waals surface area contributed by atoms with Crippen molar-refractivity contribution in [3.05, 3.63) is 22.7 Å². The van der Waals surface area contributed by atoms with Gasteiger partial charge in [-0.2, -0.15) is 0 Å². The first-order valence-electron chi connectivity index (χ1n) is 4.37. The van der Waals surface area contributed by atoms with E-state index < -0.39 is 12.0 Å². The van der Waals surface area contributed by atoms with E-state index in [1.165, 1.54) is 0 Å². The van der Waals surface area contributed by atoms with Gasteiger partial charge < -0.3 is 15.2 Å². The third kappa shape index (κ3) is 3.13. The minimum atomic E-state index is -0.887. The number of aliphatic carboxylic acids is 1. The van der Waals surface area contributed by atoms with E-state index in [2.05, 4.69) is 21.2 Å². The summed E-state index contributed by atoms with van der Waals surface area (Å²) in [5, 5.41) is 11.6. The van der Waals surface area contributed by atoms with Crippen LogP contribution in [0.1, 0.15) is 6.92 Å². The highest BCUT2D eigenvalue weighted by Crippen LogP contribution is 2.27. The Kier molecular flexibility index (Phi) is 3.96. The van der Waals surface area contributed by atoms with Crippen LogP contribution in [-0.2, 0) is 4.79 Å². The fraction of sp³-hybridized carbons (Fsp3) is 0.300. The number of anilines is 1. The van der Waals surface area contributed by atoms with E-state index >= 15 is 0 Å². The van der Waals surface area contributed by atoms with Crippen molar-refractivity contribution in [1.82, 2.24) is 0 Å². The number of methoxy groups -OCH3 is 1. The number of rotatable bonds is 4. The maximum atomic E-state index is 10.6. The Bertz CT molecular complexity index is 368. The molecule has 0 radical (unpaired) electrons. The van der Waals surface area contributed by atoms with Crippen LogP contribution in [0.5, 0.6) is 5.75 Å². The van der Waals surface area contributed by atoms with E-state index in [9.17, 15) is 4.79 Å². The quantitative estimate of drug-likeness (QED) is 0.884. The van der Waals surface area contributed by atoms with Gasteiger partial charge in [-0.25, -0.2) is 0 Å². The average Bonchev–Trinajstić information content (AvgIpc) is 2.18. The molecule has 0 fully saturated rings. The fourth-order valence-electron chi connectivity index (χ4n) is 1.07. The van der Waals surface area contributed by atoms with Crippen LogP contribution >= 0.6 is 15.9 Å². The zero-order valence-corrected chi connectivity index (χ0v) is 10.0. The number of carbonyl (C=O) groups is 1. The minimum Gasteiger partial charge on any atom is -0.496 e. The molecule has 5 heteroatoms. The van der Waals surface area contributed by atoms with E-state index in [0.717, 1.165) is 10.2 Å². The third-order valence-electron chi connectivity index (χ3n) is 1.91. The summed E-state index contributed by atoms with van der Waals surface area (Å²) < 4.78 is 5.85. The van der Waals surface area contributed by atoms with Crippen molar-refractivity contribution in [1.29, 1.82) is 0 Å². The van der Waals surface area contributed by atoms with Crippen LogP contribution < -0.4 is 10.1 Å². The highest BCUT2D eigenvalue weighted by Gasteiger charge is 2.10. The van der Waals surface area contributed by atoms with Crippen molar-refractivity contribution in [3.63, 3.8) is 0 Å². The zero-order chi connectivity index (χ0) is 11.4. The van der Waals surface area contributed by atoms with Crippen LogP contribution in [0.3, 0.4) is 0 Å². The summed E-state index contributed by atoms with van der Waals surface area (Å²) in [6, 6.07) is 4.69. The van der Waals surface area contributed by atoms with Gasteiger partial charge in [0.25, 0.3) is 0 Å². The number of benzene rings is 1. The molecule has 0 aliphatic rings. The maximum absolute atomic E-state index is 10.6. The topological polar surface area (TPSA) is 58.6 Å². The highest BCUT2D eigenvalue weighted by molar-refractivity contribution is 9.10. The van der Waals surface area contributed by atoms with Gasteiger partial charge in [0.2, 0.25) is 0 Å². The second-order valence-electron chi connectivity index (χ2n) is 3.05. The average molecular weight is 274 g/mol. The number of nitrogens with one attached hydrogen (secondary N) is 1. The van der Waals surface area contributed by atoms with Gasteiger partial charge in [-0.3, -0.25) is 4.79 Å². The molecule has 0 amide bonds. The number of hydrogen-bond donors (Lipinski definition) is 2. The molecule has 0 heterocycles.